The molecule has 1 aromatic rings. The van der Waals surface area contributed by atoms with E-state index in [0.29, 0.717) is 23.1 Å². The van der Waals surface area contributed by atoms with E-state index in [0.717, 1.165) is 0 Å². The van der Waals surface area contributed by atoms with E-state index in [-0.39, 0.29) is 6.42 Å². The van der Waals surface area contributed by atoms with Gasteiger partial charge in [-0.1, -0.05) is 6.07 Å². The molecule has 8 heteroatoms. The number of likely N-dealkylation sites (N-methyl/N-ethyl adjacent to an activating group) is 1. The van der Waals surface area contributed by atoms with Crippen molar-refractivity contribution in [1.82, 2.24) is 5.32 Å². The minimum absolute atomic E-state index is 0.106. The molecule has 0 bridgehead atoms. The molecule has 25 heavy (non-hydrogen) atoms. The molecule has 0 aliphatic rings. The van der Waals surface area contributed by atoms with E-state index >= 15 is 0 Å². The first kappa shape index (κ1) is 21.2. The highest BCUT2D eigenvalue weighted by Gasteiger charge is 2.22. The van der Waals surface area contributed by atoms with Crippen LogP contribution in [0.15, 0.2) is 22.7 Å². The molecule has 1 aromatic carbocycles. The molecule has 3 N–H and O–H groups in total. The molecule has 0 fully saturated rings. The van der Waals surface area contributed by atoms with Crippen LogP contribution in [0.5, 0.6) is 0 Å². The van der Waals surface area contributed by atoms with E-state index < -0.39 is 29.5 Å². The van der Waals surface area contributed by atoms with Crippen LogP contribution >= 0.6 is 15.9 Å². The van der Waals surface area contributed by atoms with E-state index in [1.54, 1.807) is 50.9 Å². The van der Waals surface area contributed by atoms with E-state index in [1.807, 2.05) is 0 Å². The van der Waals surface area contributed by atoms with Gasteiger partial charge in [-0.2, -0.15) is 0 Å². The number of amides is 2. The third-order valence-corrected chi connectivity index (χ3v) is 3.91. The van der Waals surface area contributed by atoms with Gasteiger partial charge < -0.3 is 20.7 Å². The maximum atomic E-state index is 14.2. The summed E-state index contributed by atoms with van der Waals surface area (Å²) < 4.78 is 19.8. The molecule has 6 nitrogen and oxygen atoms in total. The fraction of sp³-hybridized carbons (Fsp3) is 0.529. The Labute approximate surface area is 156 Å². The number of hydrogen-bond acceptors (Lipinski definition) is 4. The Morgan fingerprint density at radius 3 is 2.60 bits per heavy atom. The molecule has 0 spiro atoms. The van der Waals surface area contributed by atoms with Crippen molar-refractivity contribution in [2.75, 3.05) is 18.5 Å². The van der Waals surface area contributed by atoms with Gasteiger partial charge in [0.2, 0.25) is 5.91 Å². The third-order valence-electron chi connectivity index (χ3n) is 3.30. The standard InChI is InChI=1S/C17H25BrFN3O3/c1-17(2,3)25-16(24)21-11(8-9-14(20)23)10-22(4)13-7-5-6-12(18)15(13)19/h5-7,11H,8-10H2,1-4H3,(H2,20,23)(H,21,24)/t11-/m0/s1. The van der Waals surface area contributed by atoms with Gasteiger partial charge >= 0.3 is 6.09 Å². The summed E-state index contributed by atoms with van der Waals surface area (Å²) in [6.45, 7) is 5.57. The molecular formula is C17H25BrFN3O3. The SMILES string of the molecule is CN(C[C@H](CCC(N)=O)NC(=O)OC(C)(C)C)c1cccc(Br)c1F. The first-order valence-corrected chi connectivity index (χ1v) is 8.72. The second kappa shape index (κ2) is 9.03. The first-order valence-electron chi connectivity index (χ1n) is 7.92. The second-order valence-electron chi connectivity index (χ2n) is 6.80. The number of carbonyl (C=O) groups excluding carboxylic acids is 2. The van der Waals surface area contributed by atoms with Crippen LogP contribution in [0.4, 0.5) is 14.9 Å². The molecule has 2 amide bonds. The Bertz CT molecular complexity index is 620. The lowest BCUT2D eigenvalue weighted by atomic mass is 10.1. The molecule has 0 aromatic heterocycles. The summed E-state index contributed by atoms with van der Waals surface area (Å²) in [5.41, 5.74) is 4.94. The Hall–Kier alpha value is -1.83. The van der Waals surface area contributed by atoms with Crippen molar-refractivity contribution in [2.24, 2.45) is 5.73 Å². The summed E-state index contributed by atoms with van der Waals surface area (Å²) in [6.07, 6.45) is -0.158. The topological polar surface area (TPSA) is 84.7 Å². The normalized spacial score (nSPS) is 12.4. The monoisotopic (exact) mass is 417 g/mol. The Kier molecular flexibility index (Phi) is 7.66. The Balaban J connectivity index is 2.83. The molecule has 140 valence electrons. The summed E-state index contributed by atoms with van der Waals surface area (Å²) in [4.78, 5) is 24.7. The number of primary amides is 1. The molecule has 0 aliphatic heterocycles. The number of nitrogens with two attached hydrogens (primary N) is 1. The summed E-state index contributed by atoms with van der Waals surface area (Å²) in [5.74, 6) is -0.858. The summed E-state index contributed by atoms with van der Waals surface area (Å²) in [5, 5.41) is 2.72. The second-order valence-corrected chi connectivity index (χ2v) is 7.66. The fourth-order valence-corrected chi connectivity index (χ4v) is 2.57. The first-order chi connectivity index (χ1) is 11.5. The van der Waals surface area contributed by atoms with E-state index in [2.05, 4.69) is 21.2 Å². The molecule has 0 heterocycles. The Morgan fingerprint density at radius 1 is 1.40 bits per heavy atom. The van der Waals surface area contributed by atoms with Crippen LogP contribution in [-0.2, 0) is 9.53 Å². The van der Waals surface area contributed by atoms with Crippen LogP contribution in [0.1, 0.15) is 33.6 Å². The summed E-state index contributed by atoms with van der Waals surface area (Å²) in [7, 11) is 1.71. The average molecular weight is 418 g/mol. The Morgan fingerprint density at radius 2 is 2.04 bits per heavy atom. The number of hydrogen-bond donors (Lipinski definition) is 2. The number of nitrogens with one attached hydrogen (secondary N) is 1. The predicted molar refractivity (Wildman–Crippen MR) is 99.0 cm³/mol. The molecule has 0 saturated carbocycles. The minimum atomic E-state index is -0.638. The number of rotatable bonds is 7. The van der Waals surface area contributed by atoms with Crippen molar-refractivity contribution in [2.45, 2.75) is 45.3 Å². The van der Waals surface area contributed by atoms with Gasteiger partial charge in [-0.15, -0.1) is 0 Å². The molecular weight excluding hydrogens is 393 g/mol. The maximum Gasteiger partial charge on any atom is 0.407 e. The highest BCUT2D eigenvalue weighted by atomic mass is 79.9. The van der Waals surface area contributed by atoms with Gasteiger partial charge in [0, 0.05) is 20.0 Å². The molecule has 0 radical (unpaired) electrons. The van der Waals surface area contributed by atoms with Crippen molar-refractivity contribution in [1.29, 1.82) is 0 Å². The van der Waals surface area contributed by atoms with Gasteiger partial charge in [0.05, 0.1) is 16.2 Å². The van der Waals surface area contributed by atoms with Crippen LogP contribution in [0.25, 0.3) is 0 Å². The van der Waals surface area contributed by atoms with Crippen LogP contribution < -0.4 is 16.0 Å². The third kappa shape index (κ3) is 7.72. The number of anilines is 1. The van der Waals surface area contributed by atoms with Crippen molar-refractivity contribution in [3.05, 3.63) is 28.5 Å². The molecule has 0 unspecified atom stereocenters. The zero-order chi connectivity index (χ0) is 19.2. The predicted octanol–water partition coefficient (Wildman–Crippen LogP) is 3.18. The van der Waals surface area contributed by atoms with Crippen molar-refractivity contribution in [3.63, 3.8) is 0 Å². The number of benzene rings is 1. The molecule has 1 atom stereocenters. The van der Waals surface area contributed by atoms with Crippen molar-refractivity contribution in [3.8, 4) is 0 Å². The quantitative estimate of drug-likeness (QED) is 0.713. The number of alkyl carbamates (subject to hydrolysis) is 1. The largest absolute Gasteiger partial charge is 0.444 e. The lowest BCUT2D eigenvalue weighted by Crippen LogP contribution is -2.45. The summed E-state index contributed by atoms with van der Waals surface area (Å²) in [6, 6.07) is 4.54. The van der Waals surface area contributed by atoms with Crippen molar-refractivity contribution < 1.29 is 18.7 Å². The van der Waals surface area contributed by atoms with Crippen LogP contribution in [0.3, 0.4) is 0 Å². The van der Waals surface area contributed by atoms with Gasteiger partial charge in [-0.3, -0.25) is 4.79 Å². The highest BCUT2D eigenvalue weighted by molar-refractivity contribution is 9.10. The van der Waals surface area contributed by atoms with Gasteiger partial charge in [-0.25, -0.2) is 9.18 Å². The zero-order valence-electron chi connectivity index (χ0n) is 14.9. The van der Waals surface area contributed by atoms with E-state index in [1.165, 1.54) is 0 Å². The summed E-state index contributed by atoms with van der Waals surface area (Å²) >= 11 is 3.15. The number of halogens is 2. The minimum Gasteiger partial charge on any atom is -0.444 e. The fourth-order valence-electron chi connectivity index (χ4n) is 2.22. The van der Waals surface area contributed by atoms with Crippen LogP contribution in [0, 0.1) is 5.82 Å². The number of nitrogens with zero attached hydrogens (tertiary/aromatic N) is 1. The lowest BCUT2D eigenvalue weighted by Gasteiger charge is -2.28. The van der Waals surface area contributed by atoms with Gasteiger partial charge in [0.15, 0.2) is 5.82 Å². The highest BCUT2D eigenvalue weighted by Crippen LogP contribution is 2.25. The lowest BCUT2D eigenvalue weighted by molar-refractivity contribution is -0.118. The van der Waals surface area contributed by atoms with Crippen molar-refractivity contribution >= 4 is 33.6 Å². The van der Waals surface area contributed by atoms with Gasteiger partial charge in [0.1, 0.15) is 5.60 Å². The van der Waals surface area contributed by atoms with Crippen LogP contribution in [-0.4, -0.2) is 37.2 Å². The number of carbonyl (C=O) groups is 2. The maximum absolute atomic E-state index is 14.2. The number of ether oxygens (including phenoxy) is 1. The van der Waals surface area contributed by atoms with E-state index in [9.17, 15) is 14.0 Å². The molecule has 0 aliphatic carbocycles. The van der Waals surface area contributed by atoms with Crippen LogP contribution in [0.2, 0.25) is 0 Å². The van der Waals surface area contributed by atoms with Gasteiger partial charge in [0.25, 0.3) is 0 Å². The molecule has 0 saturated heterocycles. The average Bonchev–Trinajstić information content (AvgIpc) is 2.45. The van der Waals surface area contributed by atoms with E-state index in [4.69, 9.17) is 10.5 Å². The molecule has 1 rings (SSSR count). The smallest absolute Gasteiger partial charge is 0.407 e. The van der Waals surface area contributed by atoms with Gasteiger partial charge in [-0.05, 0) is 55.3 Å². The zero-order valence-corrected chi connectivity index (χ0v) is 16.5.